The van der Waals surface area contributed by atoms with Gasteiger partial charge in [-0.25, -0.2) is 0 Å². The monoisotopic (exact) mass is 847 g/mol. The lowest BCUT2D eigenvalue weighted by Crippen LogP contribution is -2.61. The Morgan fingerprint density at radius 2 is 0.800 bits per heavy atom. The lowest BCUT2D eigenvalue weighted by atomic mass is 10.0. The maximum atomic E-state index is 13.7. The normalized spacial score (nSPS) is 14.2. The van der Waals surface area contributed by atoms with Gasteiger partial charge in [-0.1, -0.05) is 24.3 Å². The molecule has 2 aromatic rings. The molecule has 7 atom stereocenters. The average Bonchev–Trinajstić information content (AvgIpc) is 3.16. The number of phenols is 2. The summed E-state index contributed by atoms with van der Waals surface area (Å²) in [5.41, 5.74) is 6.68. The number of carboxylic acid groups (broad SMARTS) is 4. The predicted molar refractivity (Wildman–Crippen MR) is 200 cm³/mol. The van der Waals surface area contributed by atoms with Crippen LogP contribution in [0.3, 0.4) is 0 Å². The molecule has 326 valence electrons. The first-order chi connectivity index (χ1) is 28.1. The van der Waals surface area contributed by atoms with Crippen molar-refractivity contribution in [3.05, 3.63) is 59.7 Å². The van der Waals surface area contributed by atoms with Crippen LogP contribution in [0, 0.1) is 0 Å². The molecule has 2 aromatic carbocycles. The Labute approximate surface area is 339 Å². The third-order valence-electron chi connectivity index (χ3n) is 8.32. The van der Waals surface area contributed by atoms with E-state index in [1.165, 1.54) is 48.5 Å². The Hall–Kier alpha value is -7.34. The molecule has 2 rings (SSSR count). The van der Waals surface area contributed by atoms with E-state index in [0.717, 1.165) is 6.92 Å². The van der Waals surface area contributed by atoms with Crippen molar-refractivity contribution in [2.24, 2.45) is 5.73 Å². The molecular weight excluding hydrogens is 802 g/mol. The van der Waals surface area contributed by atoms with Gasteiger partial charge in [0.15, 0.2) is 0 Å². The van der Waals surface area contributed by atoms with Gasteiger partial charge >= 0.3 is 23.9 Å². The standard InChI is InChI=1S/C36H45N7O17/c1-16(36(59)60)38-31(54)23(12-27(47)48)41-33(56)25(14-29(51)52)42-32(55)22(11-18-4-8-20(46)9-5-18)40-35(58)26(15-44)43-34(57)24(13-28(49)50)39-30(53)21(37)10-17-2-6-19(45)7-3-17/h2-9,16,21-26,44-46H,10-15,37H2,1H3,(H,38,54)(H,39,53)(H,40,58)(H,41,56)(H,42,55)(H,43,57)(H,47,48)(H,49,50)(H,51,52)(H,59,60)/t16-,21-,22-,23-,24-,25-,26-/m0/s1. The van der Waals surface area contributed by atoms with Crippen LogP contribution < -0.4 is 37.6 Å². The van der Waals surface area contributed by atoms with E-state index >= 15 is 0 Å². The SMILES string of the molecule is C[C@H](NC(=O)[C@H](CC(=O)O)NC(=O)[C@H](CC(=O)O)NC(=O)[C@H](Cc1ccc(O)cc1)NC(=O)[C@H](CO)NC(=O)[C@H](CC(=O)O)NC(=O)[C@@H](N)Cc1ccc(O)cc1)C(=O)O. The number of aliphatic hydroxyl groups excluding tert-OH is 1. The number of phenolic OH excluding ortho intramolecular Hbond substituents is 2. The number of rotatable bonds is 24. The zero-order valence-electron chi connectivity index (χ0n) is 31.7. The third-order valence-corrected chi connectivity index (χ3v) is 8.32. The van der Waals surface area contributed by atoms with Crippen molar-refractivity contribution in [3.63, 3.8) is 0 Å². The number of amides is 6. The Morgan fingerprint density at radius 3 is 1.18 bits per heavy atom. The van der Waals surface area contributed by atoms with Crippen molar-refractivity contribution in [2.75, 3.05) is 6.61 Å². The number of benzene rings is 2. The van der Waals surface area contributed by atoms with Gasteiger partial charge in [-0.05, 0) is 48.7 Å². The van der Waals surface area contributed by atoms with Crippen LogP contribution >= 0.6 is 0 Å². The third kappa shape index (κ3) is 16.6. The van der Waals surface area contributed by atoms with Crippen molar-refractivity contribution in [1.29, 1.82) is 0 Å². The second kappa shape index (κ2) is 23.2. The second-order valence-electron chi connectivity index (χ2n) is 13.2. The van der Waals surface area contributed by atoms with E-state index in [0.29, 0.717) is 5.56 Å². The molecule has 24 heteroatoms. The summed E-state index contributed by atoms with van der Waals surface area (Å²) in [7, 11) is 0. The number of nitrogens with two attached hydrogens (primary N) is 1. The molecule has 0 aliphatic heterocycles. The zero-order valence-corrected chi connectivity index (χ0v) is 31.7. The molecular formula is C36H45N7O17. The zero-order chi connectivity index (χ0) is 45.3. The van der Waals surface area contributed by atoms with Crippen molar-refractivity contribution in [2.45, 2.75) is 81.3 Å². The lowest BCUT2D eigenvalue weighted by Gasteiger charge is -2.26. The van der Waals surface area contributed by atoms with Crippen LogP contribution in [0.4, 0.5) is 0 Å². The van der Waals surface area contributed by atoms with E-state index < -0.39 is 134 Å². The molecule has 0 bridgehead atoms. The summed E-state index contributed by atoms with van der Waals surface area (Å²) in [6, 6.07) is -1.82. The molecule has 60 heavy (non-hydrogen) atoms. The fourth-order valence-corrected chi connectivity index (χ4v) is 5.15. The molecule has 0 saturated carbocycles. The fraction of sp³-hybridized carbons (Fsp3) is 0.389. The molecule has 0 radical (unpaired) electrons. The van der Waals surface area contributed by atoms with Gasteiger partial charge in [-0.15, -0.1) is 0 Å². The number of aromatic hydroxyl groups is 2. The highest BCUT2D eigenvalue weighted by Crippen LogP contribution is 2.13. The smallest absolute Gasteiger partial charge is 0.325 e. The highest BCUT2D eigenvalue weighted by atomic mass is 16.4. The first kappa shape index (κ1) is 48.8. The maximum absolute atomic E-state index is 13.7. The van der Waals surface area contributed by atoms with Crippen LogP contribution in [0.2, 0.25) is 0 Å². The number of carboxylic acids is 4. The molecule has 0 heterocycles. The number of aliphatic hydroxyl groups is 1. The largest absolute Gasteiger partial charge is 0.508 e. The van der Waals surface area contributed by atoms with Crippen molar-refractivity contribution in [1.82, 2.24) is 31.9 Å². The summed E-state index contributed by atoms with van der Waals surface area (Å²) >= 11 is 0. The van der Waals surface area contributed by atoms with E-state index in [2.05, 4.69) is 21.3 Å². The van der Waals surface area contributed by atoms with Crippen LogP contribution in [0.1, 0.15) is 37.3 Å². The van der Waals surface area contributed by atoms with Gasteiger partial charge < -0.3 is 73.4 Å². The molecule has 0 aliphatic rings. The molecule has 15 N–H and O–H groups in total. The maximum Gasteiger partial charge on any atom is 0.325 e. The molecule has 0 saturated heterocycles. The molecule has 0 aliphatic carbocycles. The fourth-order valence-electron chi connectivity index (χ4n) is 5.15. The van der Waals surface area contributed by atoms with Gasteiger partial charge in [0.2, 0.25) is 35.4 Å². The van der Waals surface area contributed by atoms with E-state index in [9.17, 15) is 78.6 Å². The molecule has 0 fully saturated rings. The van der Waals surface area contributed by atoms with E-state index in [1.54, 1.807) is 0 Å². The van der Waals surface area contributed by atoms with Gasteiger partial charge in [0.05, 0.1) is 31.9 Å². The van der Waals surface area contributed by atoms with Gasteiger partial charge in [0.1, 0.15) is 47.8 Å². The Morgan fingerprint density at radius 1 is 0.483 bits per heavy atom. The number of hydrogen-bond acceptors (Lipinski definition) is 14. The van der Waals surface area contributed by atoms with Crippen molar-refractivity contribution >= 4 is 59.3 Å². The van der Waals surface area contributed by atoms with Gasteiger partial charge in [0, 0.05) is 6.42 Å². The van der Waals surface area contributed by atoms with Crippen LogP contribution in [0.5, 0.6) is 11.5 Å². The number of carbonyl (C=O) groups is 10. The van der Waals surface area contributed by atoms with Crippen LogP contribution in [-0.2, 0) is 60.8 Å². The van der Waals surface area contributed by atoms with Gasteiger partial charge in [-0.3, -0.25) is 47.9 Å². The first-order valence-electron chi connectivity index (χ1n) is 17.7. The van der Waals surface area contributed by atoms with E-state index in [4.69, 9.17) is 10.8 Å². The van der Waals surface area contributed by atoms with Crippen molar-refractivity contribution in [3.8, 4) is 11.5 Å². The minimum atomic E-state index is -2.07. The van der Waals surface area contributed by atoms with E-state index in [-0.39, 0.29) is 23.5 Å². The first-order valence-corrected chi connectivity index (χ1v) is 17.7. The van der Waals surface area contributed by atoms with Crippen LogP contribution in [-0.4, -0.2) is 144 Å². The highest BCUT2D eigenvalue weighted by molar-refractivity contribution is 5.99. The minimum Gasteiger partial charge on any atom is -0.508 e. The quantitative estimate of drug-likeness (QED) is 0.0474. The van der Waals surface area contributed by atoms with Crippen LogP contribution in [0.15, 0.2) is 48.5 Å². The number of aliphatic carboxylic acids is 4. The summed E-state index contributed by atoms with van der Waals surface area (Å²) in [6.45, 7) is -0.135. The van der Waals surface area contributed by atoms with Crippen molar-refractivity contribution < 1.29 is 83.7 Å². The number of nitrogens with one attached hydrogen (secondary N) is 6. The topological polar surface area (TPSA) is 411 Å². The summed E-state index contributed by atoms with van der Waals surface area (Å²) in [5.74, 6) is -14.2. The Balaban J connectivity index is 2.33. The summed E-state index contributed by atoms with van der Waals surface area (Å²) < 4.78 is 0. The summed E-state index contributed by atoms with van der Waals surface area (Å²) in [5, 5.41) is 78.9. The van der Waals surface area contributed by atoms with Gasteiger partial charge in [0.25, 0.3) is 0 Å². The molecule has 6 amide bonds. The second-order valence-corrected chi connectivity index (χ2v) is 13.2. The number of carbonyl (C=O) groups excluding carboxylic acids is 6. The predicted octanol–water partition coefficient (Wildman–Crippen LogP) is -4.36. The summed E-state index contributed by atoms with van der Waals surface area (Å²) in [4.78, 5) is 125. The lowest BCUT2D eigenvalue weighted by molar-refractivity contribution is -0.144. The Kier molecular flexibility index (Phi) is 18.8. The van der Waals surface area contributed by atoms with Crippen LogP contribution in [0.25, 0.3) is 0 Å². The molecule has 24 nitrogen and oxygen atoms in total. The molecule has 0 spiro atoms. The minimum absolute atomic E-state index is 0.0584. The summed E-state index contributed by atoms with van der Waals surface area (Å²) in [6.07, 6.45) is -3.85. The van der Waals surface area contributed by atoms with E-state index in [1.807, 2.05) is 10.6 Å². The Bertz CT molecular complexity index is 1910. The average molecular weight is 848 g/mol. The molecule has 0 aromatic heterocycles. The number of hydrogen-bond donors (Lipinski definition) is 14. The molecule has 0 unspecified atom stereocenters. The highest BCUT2D eigenvalue weighted by Gasteiger charge is 2.35. The van der Waals surface area contributed by atoms with Gasteiger partial charge in [-0.2, -0.15) is 0 Å².